The van der Waals surface area contributed by atoms with Gasteiger partial charge in [0.15, 0.2) is 0 Å². The van der Waals surface area contributed by atoms with E-state index in [0.29, 0.717) is 13.0 Å². The second-order valence-electron chi connectivity index (χ2n) is 8.07. The third-order valence-electron chi connectivity index (χ3n) is 4.58. The lowest BCUT2D eigenvalue weighted by Gasteiger charge is -2.25. The molecule has 160 valence electrons. The van der Waals surface area contributed by atoms with Crippen molar-refractivity contribution >= 4 is 7.75 Å². The molecule has 2 N–H and O–H groups in total. The first-order valence-corrected chi connectivity index (χ1v) is 11.5. The minimum Gasteiger partial charge on any atom is -0.376 e. The van der Waals surface area contributed by atoms with Gasteiger partial charge >= 0.3 is 7.75 Å². The maximum absolute atomic E-state index is 12.6. The summed E-state index contributed by atoms with van der Waals surface area (Å²) in [5.74, 6) is 0. The van der Waals surface area contributed by atoms with E-state index in [2.05, 4.69) is 5.09 Å². The van der Waals surface area contributed by atoms with Crippen molar-refractivity contribution in [2.45, 2.75) is 103 Å². The van der Waals surface area contributed by atoms with Crippen LogP contribution in [0.1, 0.15) is 54.4 Å². The van der Waals surface area contributed by atoms with Gasteiger partial charge in [0.2, 0.25) is 0 Å². The summed E-state index contributed by atoms with van der Waals surface area (Å²) in [7, 11) is -4.01. The second kappa shape index (κ2) is 10.1. The second-order valence-corrected chi connectivity index (χ2v) is 9.64. The molecule has 0 aromatic heterocycles. The molecular weight excluding hydrogens is 373 g/mol. The molecule has 0 radical (unpaired) electrons. The fourth-order valence-electron chi connectivity index (χ4n) is 3.48. The number of hydrogen-bond acceptors (Lipinski definition) is 6. The highest BCUT2D eigenvalue weighted by Gasteiger charge is 2.40. The summed E-state index contributed by atoms with van der Waals surface area (Å²) in [5, 5.41) is 2.64. The predicted molar refractivity (Wildman–Crippen MR) is 102 cm³/mol. The molecule has 2 fully saturated rings. The van der Waals surface area contributed by atoms with Crippen LogP contribution in [0.2, 0.25) is 0 Å². The standard InChI is InChI=1S/C18H36NO7P/c1-11(2)22-10-18-16(8-14(6)25-18)26-27(20,21)19-9-17-15(23-12(3)4)7-13(5)24-17/h11-18H,7-10H2,1-6H3,(H2,19,20,21)/t13-,14-,15+,16+,17+,18+/m0/s1. The molecule has 1 unspecified atom stereocenters. The molecule has 0 aliphatic carbocycles. The van der Waals surface area contributed by atoms with E-state index in [1.807, 2.05) is 41.5 Å². The molecule has 8 nitrogen and oxygen atoms in total. The van der Waals surface area contributed by atoms with Gasteiger partial charge in [-0.25, -0.2) is 9.65 Å². The van der Waals surface area contributed by atoms with Gasteiger partial charge in [0, 0.05) is 19.4 Å². The largest absolute Gasteiger partial charge is 0.403 e. The molecule has 0 amide bonds. The highest BCUT2D eigenvalue weighted by Crippen LogP contribution is 2.42. The number of rotatable bonds is 10. The van der Waals surface area contributed by atoms with Crippen molar-refractivity contribution in [1.82, 2.24) is 5.09 Å². The lowest BCUT2D eigenvalue weighted by Crippen LogP contribution is -2.37. The Morgan fingerprint density at radius 2 is 1.63 bits per heavy atom. The van der Waals surface area contributed by atoms with Gasteiger partial charge in [-0.15, -0.1) is 0 Å². The topological polar surface area (TPSA) is 95.5 Å². The Balaban J connectivity index is 1.87. The van der Waals surface area contributed by atoms with Crippen molar-refractivity contribution in [2.24, 2.45) is 0 Å². The molecule has 0 saturated carbocycles. The molecule has 27 heavy (non-hydrogen) atoms. The molecule has 0 spiro atoms. The van der Waals surface area contributed by atoms with Crippen LogP contribution in [0.3, 0.4) is 0 Å². The van der Waals surface area contributed by atoms with E-state index in [1.165, 1.54) is 0 Å². The summed E-state index contributed by atoms with van der Waals surface area (Å²) >= 11 is 0. The Morgan fingerprint density at radius 1 is 1.04 bits per heavy atom. The first-order valence-electron chi connectivity index (χ1n) is 9.90. The summed E-state index contributed by atoms with van der Waals surface area (Å²) in [6, 6.07) is 0. The summed E-state index contributed by atoms with van der Waals surface area (Å²) in [4.78, 5) is 10.3. The Morgan fingerprint density at radius 3 is 2.22 bits per heavy atom. The molecule has 7 atom stereocenters. The van der Waals surface area contributed by atoms with Crippen molar-refractivity contribution in [3.63, 3.8) is 0 Å². The van der Waals surface area contributed by atoms with Gasteiger partial charge in [0.25, 0.3) is 0 Å². The first-order chi connectivity index (χ1) is 12.6. The van der Waals surface area contributed by atoms with Crippen molar-refractivity contribution in [2.75, 3.05) is 13.2 Å². The summed E-state index contributed by atoms with van der Waals surface area (Å²) < 4.78 is 41.1. The molecule has 2 rings (SSSR count). The van der Waals surface area contributed by atoms with Crippen molar-refractivity contribution in [3.05, 3.63) is 0 Å². The van der Waals surface area contributed by atoms with E-state index < -0.39 is 13.9 Å². The first kappa shape index (κ1) is 23.2. The molecule has 0 bridgehead atoms. The van der Waals surface area contributed by atoms with Crippen molar-refractivity contribution in [1.29, 1.82) is 0 Å². The maximum atomic E-state index is 12.6. The van der Waals surface area contributed by atoms with Crippen LogP contribution in [0.5, 0.6) is 0 Å². The Kier molecular flexibility index (Phi) is 8.71. The smallest absolute Gasteiger partial charge is 0.376 e. The average Bonchev–Trinajstić information content (AvgIpc) is 3.04. The predicted octanol–water partition coefficient (Wildman–Crippen LogP) is 2.64. The molecular formula is C18H36NO7P. The average molecular weight is 409 g/mol. The van der Waals surface area contributed by atoms with Crippen LogP contribution in [0.15, 0.2) is 0 Å². The monoisotopic (exact) mass is 409 g/mol. The van der Waals surface area contributed by atoms with Crippen LogP contribution in [-0.4, -0.2) is 66.9 Å². The van der Waals surface area contributed by atoms with Gasteiger partial charge < -0.3 is 23.8 Å². The van der Waals surface area contributed by atoms with Gasteiger partial charge in [0.05, 0.1) is 49.3 Å². The molecule has 2 heterocycles. The quantitative estimate of drug-likeness (QED) is 0.532. The molecule has 2 aliphatic rings. The van der Waals surface area contributed by atoms with Crippen molar-refractivity contribution < 1.29 is 32.9 Å². The lowest BCUT2D eigenvalue weighted by molar-refractivity contribution is -0.0532. The van der Waals surface area contributed by atoms with Crippen LogP contribution in [0, 0.1) is 0 Å². The Labute approximate surface area is 162 Å². The van der Waals surface area contributed by atoms with Gasteiger partial charge in [-0.1, -0.05) is 0 Å². The highest BCUT2D eigenvalue weighted by molar-refractivity contribution is 7.50. The van der Waals surface area contributed by atoms with E-state index in [1.54, 1.807) is 0 Å². The fourth-order valence-corrected chi connectivity index (χ4v) is 4.56. The van der Waals surface area contributed by atoms with Gasteiger partial charge in [-0.2, -0.15) is 0 Å². The third kappa shape index (κ3) is 7.71. The molecule has 0 aromatic carbocycles. The highest BCUT2D eigenvalue weighted by atomic mass is 31.2. The molecule has 2 aliphatic heterocycles. The van der Waals surface area contributed by atoms with E-state index >= 15 is 0 Å². The molecule has 2 saturated heterocycles. The third-order valence-corrected chi connectivity index (χ3v) is 5.72. The zero-order valence-electron chi connectivity index (χ0n) is 17.3. The zero-order chi connectivity index (χ0) is 20.2. The minimum atomic E-state index is -4.01. The van der Waals surface area contributed by atoms with Crippen LogP contribution >= 0.6 is 7.75 Å². The SMILES string of the molecule is CC(C)OC[C@H]1O[C@@H](C)C[C@H]1OP(=O)(O)NC[C@H]1O[C@@H](C)C[C@H]1OC(C)C. The van der Waals surface area contributed by atoms with Crippen molar-refractivity contribution in [3.8, 4) is 0 Å². The van der Waals surface area contributed by atoms with E-state index in [0.717, 1.165) is 6.42 Å². The minimum absolute atomic E-state index is 0.0430. The van der Waals surface area contributed by atoms with Gasteiger partial charge in [0.1, 0.15) is 6.10 Å². The molecule has 0 aromatic rings. The number of ether oxygens (including phenoxy) is 4. The van der Waals surface area contributed by atoms with Gasteiger partial charge in [-0.3, -0.25) is 4.52 Å². The Bertz CT molecular complexity index is 504. The van der Waals surface area contributed by atoms with E-state index in [4.69, 9.17) is 23.5 Å². The normalized spacial score (nSPS) is 36.6. The summed E-state index contributed by atoms with van der Waals surface area (Å²) in [6.07, 6.45) is 0.223. The van der Waals surface area contributed by atoms with Crippen LogP contribution in [0.4, 0.5) is 0 Å². The molecule has 9 heteroatoms. The lowest BCUT2D eigenvalue weighted by atomic mass is 10.1. The van der Waals surface area contributed by atoms with E-state index in [9.17, 15) is 9.46 Å². The zero-order valence-corrected chi connectivity index (χ0v) is 18.2. The summed E-state index contributed by atoms with van der Waals surface area (Å²) in [6.45, 7) is 12.2. The number of nitrogens with one attached hydrogen (secondary N) is 1. The van der Waals surface area contributed by atoms with E-state index in [-0.39, 0.29) is 49.3 Å². The van der Waals surface area contributed by atoms with Crippen LogP contribution in [-0.2, 0) is 28.0 Å². The van der Waals surface area contributed by atoms with Crippen LogP contribution < -0.4 is 5.09 Å². The number of hydrogen-bond donors (Lipinski definition) is 2. The van der Waals surface area contributed by atoms with Crippen LogP contribution in [0.25, 0.3) is 0 Å². The summed E-state index contributed by atoms with van der Waals surface area (Å²) in [5.41, 5.74) is 0. The fraction of sp³-hybridized carbons (Fsp3) is 1.00. The Hall–Kier alpha value is -0.0500. The maximum Gasteiger partial charge on any atom is 0.403 e. The van der Waals surface area contributed by atoms with Gasteiger partial charge in [-0.05, 0) is 41.5 Å².